The molecule has 1 unspecified atom stereocenters. The van der Waals surface area contributed by atoms with E-state index in [4.69, 9.17) is 4.74 Å². The zero-order valence-corrected chi connectivity index (χ0v) is 16.7. The highest BCUT2D eigenvalue weighted by atomic mass is 16.5. The molecule has 0 saturated heterocycles. The smallest absolute Gasteiger partial charge is 0.160 e. The Balaban J connectivity index is 2.14. The molecule has 0 amide bonds. The van der Waals surface area contributed by atoms with Gasteiger partial charge in [-0.05, 0) is 63.9 Å². The molecule has 0 fully saturated rings. The highest BCUT2D eigenvalue weighted by Gasteiger charge is 2.27. The van der Waals surface area contributed by atoms with Crippen molar-refractivity contribution in [3.63, 3.8) is 0 Å². The maximum atomic E-state index is 9.89. The molecule has 0 aromatic heterocycles. The second kappa shape index (κ2) is 8.11. The van der Waals surface area contributed by atoms with Crippen LogP contribution in [-0.2, 0) is 11.2 Å². The summed E-state index contributed by atoms with van der Waals surface area (Å²) in [6, 6.07) is 12.0. The Bertz CT molecular complexity index is 732. The second-order valence-electron chi connectivity index (χ2n) is 7.79. The van der Waals surface area contributed by atoms with Crippen LogP contribution in [0, 0.1) is 13.8 Å². The number of phenols is 2. The van der Waals surface area contributed by atoms with E-state index in [0.29, 0.717) is 5.56 Å². The van der Waals surface area contributed by atoms with Gasteiger partial charge in [0.2, 0.25) is 0 Å². The number of rotatable bonds is 7. The van der Waals surface area contributed by atoms with Crippen LogP contribution in [0.5, 0.6) is 11.5 Å². The van der Waals surface area contributed by atoms with Crippen LogP contribution >= 0.6 is 0 Å². The van der Waals surface area contributed by atoms with Crippen molar-refractivity contribution in [2.45, 2.75) is 45.8 Å². The molecule has 0 heterocycles. The first-order valence-corrected chi connectivity index (χ1v) is 8.96. The molecular formula is C22H31NO3. The summed E-state index contributed by atoms with van der Waals surface area (Å²) in [5.41, 5.74) is 3.94. The lowest BCUT2D eigenvalue weighted by Crippen LogP contribution is -2.45. The first-order chi connectivity index (χ1) is 12.1. The molecule has 0 aliphatic heterocycles. The van der Waals surface area contributed by atoms with Crippen molar-refractivity contribution in [1.29, 1.82) is 0 Å². The first-order valence-electron chi connectivity index (χ1n) is 8.96. The number of hydrogen-bond donors (Lipinski definition) is 2. The van der Waals surface area contributed by atoms with Gasteiger partial charge in [0.15, 0.2) is 11.5 Å². The number of benzene rings is 2. The molecule has 2 aromatic rings. The lowest BCUT2D eigenvalue weighted by atomic mass is 9.91. The van der Waals surface area contributed by atoms with Crippen LogP contribution < -0.4 is 0 Å². The summed E-state index contributed by atoms with van der Waals surface area (Å²) in [4.78, 5) is 2.28. The van der Waals surface area contributed by atoms with Gasteiger partial charge in [0.1, 0.15) is 0 Å². The molecule has 1 atom stereocenters. The number of nitrogens with zero attached hydrogens (tertiary/aromatic N) is 1. The summed E-state index contributed by atoms with van der Waals surface area (Å²) in [5, 5.41) is 19.7. The van der Waals surface area contributed by atoms with Gasteiger partial charge in [-0.25, -0.2) is 0 Å². The van der Waals surface area contributed by atoms with E-state index in [9.17, 15) is 10.2 Å². The standard InChI is InChI=1S/C22H31NO3/c1-15-8-7-9-18(10-15)20(26-6)14-23(5)22(3,4)13-17-11-16(2)21(25)19(24)12-17/h7-12,20,24-25H,13-14H2,1-6H3. The average Bonchev–Trinajstić information content (AvgIpc) is 2.56. The van der Waals surface area contributed by atoms with Gasteiger partial charge in [-0.3, -0.25) is 4.90 Å². The normalized spacial score (nSPS) is 13.2. The van der Waals surface area contributed by atoms with E-state index in [0.717, 1.165) is 18.5 Å². The van der Waals surface area contributed by atoms with Gasteiger partial charge in [0, 0.05) is 19.2 Å². The van der Waals surface area contributed by atoms with E-state index >= 15 is 0 Å². The molecule has 4 nitrogen and oxygen atoms in total. The number of ether oxygens (including phenoxy) is 1. The van der Waals surface area contributed by atoms with E-state index in [1.807, 2.05) is 6.07 Å². The molecule has 0 aliphatic carbocycles. The van der Waals surface area contributed by atoms with Crippen LogP contribution in [0.4, 0.5) is 0 Å². The predicted octanol–water partition coefficient (Wildman–Crippen LogP) is 4.36. The van der Waals surface area contributed by atoms with Crippen molar-refractivity contribution in [3.05, 3.63) is 58.7 Å². The van der Waals surface area contributed by atoms with Crippen molar-refractivity contribution in [2.24, 2.45) is 0 Å². The van der Waals surface area contributed by atoms with E-state index in [-0.39, 0.29) is 23.1 Å². The third-order valence-electron chi connectivity index (χ3n) is 5.15. The molecule has 0 radical (unpaired) electrons. The molecule has 4 heteroatoms. The first kappa shape index (κ1) is 20.3. The molecule has 26 heavy (non-hydrogen) atoms. The van der Waals surface area contributed by atoms with Crippen LogP contribution in [0.3, 0.4) is 0 Å². The van der Waals surface area contributed by atoms with E-state index < -0.39 is 0 Å². The number of phenolic OH excluding ortho intramolecular Hbond substituents is 2. The van der Waals surface area contributed by atoms with Gasteiger partial charge >= 0.3 is 0 Å². The zero-order chi connectivity index (χ0) is 19.5. The van der Waals surface area contributed by atoms with Crippen molar-refractivity contribution in [2.75, 3.05) is 20.7 Å². The van der Waals surface area contributed by atoms with E-state index in [1.165, 1.54) is 11.1 Å². The Morgan fingerprint density at radius 3 is 2.38 bits per heavy atom. The molecule has 2 aromatic carbocycles. The molecular weight excluding hydrogens is 326 g/mol. The Morgan fingerprint density at radius 1 is 1.12 bits per heavy atom. The van der Waals surface area contributed by atoms with Crippen LogP contribution in [0.2, 0.25) is 0 Å². The molecule has 0 spiro atoms. The highest BCUT2D eigenvalue weighted by molar-refractivity contribution is 5.47. The van der Waals surface area contributed by atoms with Crippen LogP contribution in [0.15, 0.2) is 36.4 Å². The minimum absolute atomic E-state index is 0.00543. The molecule has 0 aliphatic rings. The Labute approximate surface area is 157 Å². The second-order valence-corrected chi connectivity index (χ2v) is 7.79. The fourth-order valence-corrected chi connectivity index (χ4v) is 3.25. The number of methoxy groups -OCH3 is 1. The molecule has 142 valence electrons. The summed E-state index contributed by atoms with van der Waals surface area (Å²) in [5.74, 6) is -0.105. The lowest BCUT2D eigenvalue weighted by Gasteiger charge is -2.38. The Morgan fingerprint density at radius 2 is 1.81 bits per heavy atom. The van der Waals surface area contributed by atoms with Crippen molar-refractivity contribution >= 4 is 0 Å². The fraction of sp³-hybridized carbons (Fsp3) is 0.455. The number of likely N-dealkylation sites (N-methyl/N-ethyl adjacent to an activating group) is 1. The summed E-state index contributed by atoms with van der Waals surface area (Å²) in [7, 11) is 3.84. The molecule has 2 N–H and O–H groups in total. The Hall–Kier alpha value is -2.04. The molecule has 0 bridgehead atoms. The fourth-order valence-electron chi connectivity index (χ4n) is 3.25. The minimum Gasteiger partial charge on any atom is -0.504 e. The minimum atomic E-state index is -0.142. The van der Waals surface area contributed by atoms with Gasteiger partial charge in [-0.15, -0.1) is 0 Å². The summed E-state index contributed by atoms with van der Waals surface area (Å²) in [6.45, 7) is 9.00. The van der Waals surface area contributed by atoms with Gasteiger partial charge < -0.3 is 14.9 Å². The summed E-state index contributed by atoms with van der Waals surface area (Å²) < 4.78 is 5.75. The summed E-state index contributed by atoms with van der Waals surface area (Å²) in [6.07, 6.45) is 0.747. The van der Waals surface area contributed by atoms with E-state index in [2.05, 4.69) is 57.0 Å². The van der Waals surface area contributed by atoms with Crippen molar-refractivity contribution < 1.29 is 14.9 Å². The maximum absolute atomic E-state index is 9.89. The van der Waals surface area contributed by atoms with E-state index in [1.54, 1.807) is 20.1 Å². The van der Waals surface area contributed by atoms with Gasteiger partial charge in [0.05, 0.1) is 6.10 Å². The van der Waals surface area contributed by atoms with Gasteiger partial charge in [-0.2, -0.15) is 0 Å². The third kappa shape index (κ3) is 4.77. The highest BCUT2D eigenvalue weighted by Crippen LogP contribution is 2.32. The number of hydrogen-bond acceptors (Lipinski definition) is 4. The number of aromatic hydroxyl groups is 2. The van der Waals surface area contributed by atoms with Crippen LogP contribution in [-0.4, -0.2) is 41.4 Å². The maximum Gasteiger partial charge on any atom is 0.160 e. The Kier molecular flexibility index (Phi) is 6.32. The quantitative estimate of drug-likeness (QED) is 0.723. The predicted molar refractivity (Wildman–Crippen MR) is 106 cm³/mol. The van der Waals surface area contributed by atoms with Crippen LogP contribution in [0.25, 0.3) is 0 Å². The largest absolute Gasteiger partial charge is 0.504 e. The average molecular weight is 357 g/mol. The van der Waals surface area contributed by atoms with Gasteiger partial charge in [0.25, 0.3) is 0 Å². The van der Waals surface area contributed by atoms with Crippen LogP contribution in [0.1, 0.15) is 42.2 Å². The van der Waals surface area contributed by atoms with Gasteiger partial charge in [-0.1, -0.05) is 35.9 Å². The van der Waals surface area contributed by atoms with Crippen molar-refractivity contribution in [3.8, 4) is 11.5 Å². The van der Waals surface area contributed by atoms with Crippen molar-refractivity contribution in [1.82, 2.24) is 4.90 Å². The zero-order valence-electron chi connectivity index (χ0n) is 16.7. The number of aryl methyl sites for hydroxylation is 2. The lowest BCUT2D eigenvalue weighted by molar-refractivity contribution is 0.0375. The molecule has 2 rings (SSSR count). The summed E-state index contributed by atoms with van der Waals surface area (Å²) >= 11 is 0. The third-order valence-corrected chi connectivity index (χ3v) is 5.15. The monoisotopic (exact) mass is 357 g/mol. The SMILES string of the molecule is COC(CN(C)C(C)(C)Cc1cc(C)c(O)c(O)c1)c1cccc(C)c1. The molecule has 0 saturated carbocycles. The topological polar surface area (TPSA) is 52.9 Å².